The van der Waals surface area contributed by atoms with Crippen molar-refractivity contribution < 1.29 is 17.6 Å². The lowest BCUT2D eigenvalue weighted by atomic mass is 10.2. The fraction of sp³-hybridized carbons (Fsp3) is 0.0952. The lowest BCUT2D eigenvalue weighted by molar-refractivity contribution is -0.116. The molecule has 1 N–H and O–H groups in total. The summed E-state index contributed by atoms with van der Waals surface area (Å²) < 4.78 is 40.5. The fourth-order valence-corrected chi connectivity index (χ4v) is 4.55. The van der Waals surface area contributed by atoms with Gasteiger partial charge in [0.2, 0.25) is 15.9 Å². The van der Waals surface area contributed by atoms with Gasteiger partial charge in [-0.15, -0.1) is 0 Å². The second kappa shape index (κ2) is 9.97. The number of benzene rings is 3. The average Bonchev–Trinajstić information content (AvgIpc) is 2.72. The van der Waals surface area contributed by atoms with Crippen LogP contribution in [0.4, 0.5) is 10.1 Å². The zero-order valence-electron chi connectivity index (χ0n) is 15.9. The second-order valence-electron chi connectivity index (χ2n) is 6.53. The van der Waals surface area contributed by atoms with Crippen molar-refractivity contribution in [3.63, 3.8) is 0 Å². The van der Waals surface area contributed by atoms with Crippen LogP contribution in [0.1, 0.15) is 5.56 Å². The van der Waals surface area contributed by atoms with Crippen molar-refractivity contribution in [2.75, 3.05) is 11.9 Å². The van der Waals surface area contributed by atoms with Gasteiger partial charge in [-0.3, -0.25) is 4.79 Å². The molecule has 0 bridgehead atoms. The molecular weight excluding hydrogens is 486 g/mol. The largest absolute Gasteiger partial charge is 0.325 e. The van der Waals surface area contributed by atoms with E-state index >= 15 is 0 Å². The third-order valence-electron chi connectivity index (χ3n) is 4.24. The Labute approximate surface area is 194 Å². The van der Waals surface area contributed by atoms with Crippen LogP contribution >= 0.6 is 34.8 Å². The SMILES string of the molecule is O=C(CN(Cc1ccc(Cl)c(Cl)c1)S(=O)(=O)c1ccc(Cl)cc1)Nc1ccc(F)cc1. The Morgan fingerprint density at radius 1 is 0.903 bits per heavy atom. The van der Waals surface area contributed by atoms with E-state index in [4.69, 9.17) is 34.8 Å². The van der Waals surface area contributed by atoms with Crippen molar-refractivity contribution in [2.24, 2.45) is 0 Å². The predicted molar refractivity (Wildman–Crippen MR) is 121 cm³/mol. The molecule has 0 radical (unpaired) electrons. The Kier molecular flexibility index (Phi) is 7.56. The van der Waals surface area contributed by atoms with Gasteiger partial charge in [0.05, 0.1) is 21.5 Å². The van der Waals surface area contributed by atoms with E-state index in [0.29, 0.717) is 21.3 Å². The third-order valence-corrected chi connectivity index (χ3v) is 7.04. The molecule has 0 atom stereocenters. The highest BCUT2D eigenvalue weighted by molar-refractivity contribution is 7.89. The summed E-state index contributed by atoms with van der Waals surface area (Å²) in [4.78, 5) is 12.6. The molecule has 31 heavy (non-hydrogen) atoms. The Bertz CT molecular complexity index is 1190. The zero-order valence-corrected chi connectivity index (χ0v) is 18.9. The van der Waals surface area contributed by atoms with E-state index in [-0.39, 0.29) is 16.5 Å². The molecular formula is C21H16Cl3FN2O3S. The van der Waals surface area contributed by atoms with Crippen LogP contribution in [0.2, 0.25) is 15.1 Å². The summed E-state index contributed by atoms with van der Waals surface area (Å²) in [7, 11) is -4.06. The third kappa shape index (κ3) is 6.18. The number of nitrogens with one attached hydrogen (secondary N) is 1. The normalized spacial score (nSPS) is 11.5. The van der Waals surface area contributed by atoms with E-state index in [1.165, 1.54) is 54.6 Å². The van der Waals surface area contributed by atoms with E-state index in [0.717, 1.165) is 4.31 Å². The fourth-order valence-electron chi connectivity index (χ4n) is 2.72. The van der Waals surface area contributed by atoms with Crippen molar-refractivity contribution >= 4 is 56.4 Å². The molecule has 5 nitrogen and oxygen atoms in total. The quantitative estimate of drug-likeness (QED) is 0.457. The summed E-state index contributed by atoms with van der Waals surface area (Å²) >= 11 is 17.8. The lowest BCUT2D eigenvalue weighted by Crippen LogP contribution is -2.37. The number of anilines is 1. The Morgan fingerprint density at radius 3 is 2.16 bits per heavy atom. The Morgan fingerprint density at radius 2 is 1.55 bits per heavy atom. The van der Waals surface area contributed by atoms with Gasteiger partial charge in [-0.25, -0.2) is 12.8 Å². The Hall–Kier alpha value is -2.16. The van der Waals surface area contributed by atoms with Gasteiger partial charge in [0, 0.05) is 17.3 Å². The standard InChI is InChI=1S/C21H16Cl3FN2O3S/c22-15-2-8-18(9-3-15)31(29,30)27(12-14-1-10-19(23)20(24)11-14)13-21(28)26-17-6-4-16(25)5-7-17/h1-11H,12-13H2,(H,26,28). The maximum absolute atomic E-state index is 13.2. The van der Waals surface area contributed by atoms with Crippen LogP contribution in [0, 0.1) is 5.82 Å². The number of carbonyl (C=O) groups is 1. The monoisotopic (exact) mass is 500 g/mol. The molecule has 10 heteroatoms. The maximum atomic E-state index is 13.2. The minimum atomic E-state index is -4.06. The molecule has 0 unspecified atom stereocenters. The van der Waals surface area contributed by atoms with E-state index in [1.807, 2.05) is 0 Å². The molecule has 162 valence electrons. The minimum Gasteiger partial charge on any atom is -0.325 e. The van der Waals surface area contributed by atoms with Crippen molar-refractivity contribution in [1.29, 1.82) is 0 Å². The molecule has 0 aliphatic carbocycles. The Balaban J connectivity index is 1.88. The molecule has 0 spiro atoms. The van der Waals surface area contributed by atoms with Crippen LogP contribution in [-0.4, -0.2) is 25.2 Å². The molecule has 0 saturated heterocycles. The molecule has 0 fully saturated rings. The van der Waals surface area contributed by atoms with E-state index < -0.39 is 28.3 Å². The van der Waals surface area contributed by atoms with E-state index in [1.54, 1.807) is 12.1 Å². The highest BCUT2D eigenvalue weighted by Gasteiger charge is 2.27. The van der Waals surface area contributed by atoms with Gasteiger partial charge in [-0.05, 0) is 66.2 Å². The lowest BCUT2D eigenvalue weighted by Gasteiger charge is -2.22. The smallest absolute Gasteiger partial charge is 0.243 e. The van der Waals surface area contributed by atoms with Gasteiger partial charge >= 0.3 is 0 Å². The topological polar surface area (TPSA) is 66.5 Å². The maximum Gasteiger partial charge on any atom is 0.243 e. The second-order valence-corrected chi connectivity index (χ2v) is 9.72. The number of hydrogen-bond acceptors (Lipinski definition) is 3. The molecule has 0 saturated carbocycles. The number of hydrogen-bond donors (Lipinski definition) is 1. The predicted octanol–water partition coefficient (Wildman–Crippen LogP) is 5.62. The van der Waals surface area contributed by atoms with Gasteiger partial charge in [0.1, 0.15) is 5.82 Å². The van der Waals surface area contributed by atoms with Crippen LogP contribution in [0.5, 0.6) is 0 Å². The summed E-state index contributed by atoms with van der Waals surface area (Å²) in [5, 5.41) is 3.53. The molecule has 3 rings (SSSR count). The van der Waals surface area contributed by atoms with Crippen LogP contribution in [0.3, 0.4) is 0 Å². The number of halogens is 4. The van der Waals surface area contributed by atoms with Gasteiger partial charge in [-0.2, -0.15) is 4.31 Å². The summed E-state index contributed by atoms with van der Waals surface area (Å²) in [6, 6.07) is 15.5. The van der Waals surface area contributed by atoms with Crippen molar-refractivity contribution in [2.45, 2.75) is 11.4 Å². The number of amides is 1. The highest BCUT2D eigenvalue weighted by Crippen LogP contribution is 2.25. The average molecular weight is 502 g/mol. The molecule has 3 aromatic rings. The number of nitrogens with zero attached hydrogens (tertiary/aromatic N) is 1. The highest BCUT2D eigenvalue weighted by atomic mass is 35.5. The summed E-state index contributed by atoms with van der Waals surface area (Å²) in [6.07, 6.45) is 0. The molecule has 0 heterocycles. The molecule has 0 aromatic heterocycles. The summed E-state index contributed by atoms with van der Waals surface area (Å²) in [5.41, 5.74) is 0.881. The molecule has 3 aromatic carbocycles. The van der Waals surface area contributed by atoms with Crippen LogP contribution in [0.25, 0.3) is 0 Å². The first-order valence-corrected chi connectivity index (χ1v) is 11.5. The summed E-state index contributed by atoms with van der Waals surface area (Å²) in [6.45, 7) is -0.610. The van der Waals surface area contributed by atoms with Crippen molar-refractivity contribution in [3.8, 4) is 0 Å². The van der Waals surface area contributed by atoms with E-state index in [9.17, 15) is 17.6 Å². The number of carbonyl (C=O) groups excluding carboxylic acids is 1. The number of rotatable bonds is 7. The number of sulfonamides is 1. The first-order chi connectivity index (χ1) is 14.6. The van der Waals surface area contributed by atoms with Crippen LogP contribution in [-0.2, 0) is 21.4 Å². The first-order valence-electron chi connectivity index (χ1n) is 8.90. The van der Waals surface area contributed by atoms with Gasteiger partial charge in [-0.1, -0.05) is 40.9 Å². The van der Waals surface area contributed by atoms with Crippen LogP contribution in [0.15, 0.2) is 71.6 Å². The first kappa shape index (κ1) is 23.5. The molecule has 1 amide bonds. The zero-order chi connectivity index (χ0) is 22.6. The van der Waals surface area contributed by atoms with Crippen LogP contribution < -0.4 is 5.32 Å². The van der Waals surface area contributed by atoms with E-state index in [2.05, 4.69) is 5.32 Å². The molecule has 0 aliphatic rings. The summed E-state index contributed by atoms with van der Waals surface area (Å²) in [5.74, 6) is -1.05. The van der Waals surface area contributed by atoms with Gasteiger partial charge in [0.25, 0.3) is 0 Å². The van der Waals surface area contributed by atoms with Gasteiger partial charge in [0.15, 0.2) is 0 Å². The minimum absolute atomic E-state index is 0.0217. The van der Waals surface area contributed by atoms with Crippen molar-refractivity contribution in [1.82, 2.24) is 4.31 Å². The molecule has 0 aliphatic heterocycles. The van der Waals surface area contributed by atoms with Crippen molar-refractivity contribution in [3.05, 3.63) is 93.2 Å². The van der Waals surface area contributed by atoms with Gasteiger partial charge < -0.3 is 5.32 Å².